The van der Waals surface area contributed by atoms with Crippen LogP contribution in [0.4, 0.5) is 0 Å². The highest BCUT2D eigenvalue weighted by molar-refractivity contribution is 5.79. The molecule has 0 radical (unpaired) electrons. The number of hydrogen-bond acceptors (Lipinski definition) is 5. The van der Waals surface area contributed by atoms with Gasteiger partial charge < -0.3 is 14.5 Å². The van der Waals surface area contributed by atoms with E-state index in [2.05, 4.69) is 4.90 Å². The van der Waals surface area contributed by atoms with Crippen molar-refractivity contribution in [3.8, 4) is 11.8 Å². The summed E-state index contributed by atoms with van der Waals surface area (Å²) >= 11 is 0. The minimum absolute atomic E-state index is 0.0235. The molecule has 140 valence electrons. The van der Waals surface area contributed by atoms with Gasteiger partial charge in [0.25, 0.3) is 5.91 Å². The average molecular weight is 358 g/mol. The molecule has 2 amide bonds. The Hall–Kier alpha value is -2.59. The first-order valence-corrected chi connectivity index (χ1v) is 8.98. The van der Waals surface area contributed by atoms with Crippen molar-refractivity contribution >= 4 is 11.8 Å². The van der Waals surface area contributed by atoms with Gasteiger partial charge in [-0.05, 0) is 38.1 Å². The van der Waals surface area contributed by atoms with Crippen molar-refractivity contribution in [2.24, 2.45) is 0 Å². The third kappa shape index (κ3) is 5.46. The van der Waals surface area contributed by atoms with Gasteiger partial charge in [-0.1, -0.05) is 0 Å². The molecule has 1 aromatic rings. The molecule has 0 spiro atoms. The first-order chi connectivity index (χ1) is 12.6. The molecule has 0 atom stereocenters. The molecule has 1 aliphatic rings. The lowest BCUT2D eigenvalue weighted by Crippen LogP contribution is -2.52. The topological polar surface area (TPSA) is 76.9 Å². The molecule has 0 unspecified atom stereocenters. The Morgan fingerprint density at radius 1 is 1.12 bits per heavy atom. The van der Waals surface area contributed by atoms with Gasteiger partial charge in [-0.15, -0.1) is 0 Å². The second kappa shape index (κ2) is 9.78. The molecule has 0 aromatic heterocycles. The van der Waals surface area contributed by atoms with Gasteiger partial charge in [0.05, 0.1) is 18.2 Å². The Morgan fingerprint density at radius 2 is 1.73 bits per heavy atom. The van der Waals surface area contributed by atoms with E-state index in [0.29, 0.717) is 44.0 Å². The minimum Gasteiger partial charge on any atom is -0.484 e. The summed E-state index contributed by atoms with van der Waals surface area (Å²) in [7, 11) is 0. The van der Waals surface area contributed by atoms with E-state index < -0.39 is 0 Å². The van der Waals surface area contributed by atoms with E-state index >= 15 is 0 Å². The first kappa shape index (κ1) is 19.7. The number of likely N-dealkylation sites (N-methyl/N-ethyl adjacent to an activating group) is 1. The zero-order chi connectivity index (χ0) is 18.9. The molecule has 2 rings (SSSR count). The number of piperazine rings is 1. The van der Waals surface area contributed by atoms with Crippen LogP contribution in [0.5, 0.6) is 5.75 Å². The molecule has 0 saturated carbocycles. The summed E-state index contributed by atoms with van der Waals surface area (Å²) in [6.07, 6.45) is 0. The molecule has 1 heterocycles. The van der Waals surface area contributed by atoms with Crippen LogP contribution in [0.3, 0.4) is 0 Å². The number of hydrogen-bond donors (Lipinski definition) is 0. The van der Waals surface area contributed by atoms with Gasteiger partial charge in [0, 0.05) is 39.3 Å². The van der Waals surface area contributed by atoms with E-state index in [0.717, 1.165) is 13.1 Å². The van der Waals surface area contributed by atoms with Crippen LogP contribution < -0.4 is 4.74 Å². The highest BCUT2D eigenvalue weighted by Crippen LogP contribution is 2.12. The number of rotatable bonds is 7. The van der Waals surface area contributed by atoms with Crippen LogP contribution in [0.15, 0.2) is 24.3 Å². The maximum atomic E-state index is 12.3. The largest absolute Gasteiger partial charge is 0.484 e. The van der Waals surface area contributed by atoms with Gasteiger partial charge in [-0.2, -0.15) is 5.26 Å². The van der Waals surface area contributed by atoms with Crippen molar-refractivity contribution in [1.82, 2.24) is 14.7 Å². The third-order valence-electron chi connectivity index (χ3n) is 4.55. The monoisotopic (exact) mass is 358 g/mol. The normalized spacial score (nSPS) is 14.6. The second-order valence-corrected chi connectivity index (χ2v) is 6.15. The van der Waals surface area contributed by atoms with Crippen LogP contribution in [0, 0.1) is 11.3 Å². The van der Waals surface area contributed by atoms with Crippen LogP contribution in [0.1, 0.15) is 19.4 Å². The Labute approximate surface area is 154 Å². The summed E-state index contributed by atoms with van der Waals surface area (Å²) < 4.78 is 5.50. The fourth-order valence-electron chi connectivity index (χ4n) is 2.89. The number of ether oxygens (including phenoxy) is 1. The van der Waals surface area contributed by atoms with Crippen LogP contribution in [-0.4, -0.2) is 78.9 Å². The van der Waals surface area contributed by atoms with Gasteiger partial charge in [-0.25, -0.2) is 0 Å². The lowest BCUT2D eigenvalue weighted by atomic mass is 10.2. The average Bonchev–Trinajstić information content (AvgIpc) is 2.68. The van der Waals surface area contributed by atoms with E-state index in [9.17, 15) is 9.59 Å². The quantitative estimate of drug-likeness (QED) is 0.725. The van der Waals surface area contributed by atoms with E-state index in [1.807, 2.05) is 24.8 Å². The number of nitriles is 1. The summed E-state index contributed by atoms with van der Waals surface area (Å²) in [5.74, 6) is 0.642. The highest BCUT2D eigenvalue weighted by Gasteiger charge is 2.23. The molecular weight excluding hydrogens is 332 g/mol. The van der Waals surface area contributed by atoms with Crippen molar-refractivity contribution in [2.75, 3.05) is 52.4 Å². The summed E-state index contributed by atoms with van der Waals surface area (Å²) in [5, 5.41) is 8.77. The standard InChI is InChI=1S/C19H26N4O3/c1-3-22(4-2)18(24)14-21-9-11-23(12-10-21)19(25)15-26-17-7-5-16(13-20)6-8-17/h5-8H,3-4,9-12,14-15H2,1-2H3. The number of carbonyl (C=O) groups is 2. The van der Waals surface area contributed by atoms with Crippen LogP contribution >= 0.6 is 0 Å². The fourth-order valence-corrected chi connectivity index (χ4v) is 2.89. The molecular formula is C19H26N4O3. The van der Waals surface area contributed by atoms with Crippen molar-refractivity contribution < 1.29 is 14.3 Å². The third-order valence-corrected chi connectivity index (χ3v) is 4.55. The van der Waals surface area contributed by atoms with E-state index in [1.54, 1.807) is 29.2 Å². The fraction of sp³-hybridized carbons (Fsp3) is 0.526. The van der Waals surface area contributed by atoms with Gasteiger partial charge in [-0.3, -0.25) is 14.5 Å². The molecule has 7 heteroatoms. The number of amides is 2. The van der Waals surface area contributed by atoms with Crippen molar-refractivity contribution in [1.29, 1.82) is 5.26 Å². The Bertz CT molecular complexity index is 642. The van der Waals surface area contributed by atoms with Crippen LogP contribution in [0.25, 0.3) is 0 Å². The predicted octanol–water partition coefficient (Wildman–Crippen LogP) is 0.950. The van der Waals surface area contributed by atoms with Gasteiger partial charge >= 0.3 is 0 Å². The van der Waals surface area contributed by atoms with E-state index in [-0.39, 0.29) is 18.4 Å². The second-order valence-electron chi connectivity index (χ2n) is 6.15. The van der Waals surface area contributed by atoms with Crippen molar-refractivity contribution in [3.05, 3.63) is 29.8 Å². The van der Waals surface area contributed by atoms with Crippen molar-refractivity contribution in [3.63, 3.8) is 0 Å². The molecule has 0 bridgehead atoms. The van der Waals surface area contributed by atoms with Gasteiger partial charge in [0.1, 0.15) is 5.75 Å². The Morgan fingerprint density at radius 3 is 2.27 bits per heavy atom. The van der Waals surface area contributed by atoms with Crippen LogP contribution in [-0.2, 0) is 9.59 Å². The zero-order valence-electron chi connectivity index (χ0n) is 15.5. The molecule has 26 heavy (non-hydrogen) atoms. The zero-order valence-corrected chi connectivity index (χ0v) is 15.5. The Balaban J connectivity index is 1.73. The van der Waals surface area contributed by atoms with Gasteiger partial charge in [0.2, 0.25) is 5.91 Å². The lowest BCUT2D eigenvalue weighted by Gasteiger charge is -2.35. The molecule has 7 nitrogen and oxygen atoms in total. The molecule has 0 aliphatic carbocycles. The first-order valence-electron chi connectivity index (χ1n) is 8.98. The summed E-state index contributed by atoms with van der Waals surface area (Å²) in [5.41, 5.74) is 0.555. The number of nitrogens with zero attached hydrogens (tertiary/aromatic N) is 4. The Kier molecular flexibility index (Phi) is 7.42. The molecule has 0 N–H and O–H groups in total. The van der Waals surface area contributed by atoms with Gasteiger partial charge in [0.15, 0.2) is 6.61 Å². The van der Waals surface area contributed by atoms with E-state index in [4.69, 9.17) is 10.00 Å². The molecule has 1 aliphatic heterocycles. The highest BCUT2D eigenvalue weighted by atomic mass is 16.5. The number of carbonyl (C=O) groups excluding carboxylic acids is 2. The maximum Gasteiger partial charge on any atom is 0.260 e. The van der Waals surface area contributed by atoms with Crippen LogP contribution in [0.2, 0.25) is 0 Å². The smallest absolute Gasteiger partial charge is 0.260 e. The number of benzene rings is 1. The summed E-state index contributed by atoms with van der Waals surface area (Å²) in [4.78, 5) is 30.1. The maximum absolute atomic E-state index is 12.3. The predicted molar refractivity (Wildman–Crippen MR) is 97.6 cm³/mol. The lowest BCUT2D eigenvalue weighted by molar-refractivity contribution is -0.136. The van der Waals surface area contributed by atoms with E-state index in [1.165, 1.54) is 0 Å². The van der Waals surface area contributed by atoms with Crippen molar-refractivity contribution in [2.45, 2.75) is 13.8 Å². The SMILES string of the molecule is CCN(CC)C(=O)CN1CCN(C(=O)COc2ccc(C#N)cc2)CC1. The molecule has 1 fully saturated rings. The molecule has 1 aromatic carbocycles. The summed E-state index contributed by atoms with van der Waals surface area (Å²) in [6.45, 7) is 8.36. The molecule has 1 saturated heterocycles. The summed E-state index contributed by atoms with van der Waals surface area (Å²) in [6, 6.07) is 8.72. The minimum atomic E-state index is -0.0657.